The Labute approximate surface area is 163 Å². The van der Waals surface area contributed by atoms with E-state index >= 15 is 0 Å². The normalized spacial score (nSPS) is 11.2. The van der Waals surface area contributed by atoms with Gasteiger partial charge in [-0.25, -0.2) is 13.6 Å². The third-order valence-corrected chi connectivity index (χ3v) is 5.05. The highest BCUT2D eigenvalue weighted by Crippen LogP contribution is 2.14. The van der Waals surface area contributed by atoms with Crippen molar-refractivity contribution >= 4 is 38.9 Å². The fraction of sp³-hybridized carbons (Fsp3) is 0.111. The maximum Gasteiger partial charge on any atom is 0.238 e. The van der Waals surface area contributed by atoms with E-state index in [0.29, 0.717) is 23.2 Å². The third-order valence-electron chi connectivity index (χ3n) is 3.92. The molecule has 0 unspecified atom stereocenters. The van der Waals surface area contributed by atoms with Gasteiger partial charge in [0.1, 0.15) is 0 Å². The van der Waals surface area contributed by atoms with Gasteiger partial charge in [0.2, 0.25) is 10.0 Å². The number of nitrogens with one attached hydrogen (secondary N) is 2. The van der Waals surface area contributed by atoms with E-state index in [0.717, 1.165) is 0 Å². The Kier molecular flexibility index (Phi) is 5.54. The summed E-state index contributed by atoms with van der Waals surface area (Å²) in [6.07, 6.45) is 1.87. The number of sulfonamides is 1. The highest BCUT2D eigenvalue weighted by Gasteiger charge is 2.08. The van der Waals surface area contributed by atoms with Gasteiger partial charge in [0.25, 0.3) is 0 Å². The molecule has 0 aliphatic carbocycles. The summed E-state index contributed by atoms with van der Waals surface area (Å²) in [4.78, 5) is 0.0434. The van der Waals surface area contributed by atoms with E-state index in [4.69, 9.17) is 17.4 Å². The molecule has 2 aromatic carbocycles. The van der Waals surface area contributed by atoms with Crippen molar-refractivity contribution in [2.24, 2.45) is 5.14 Å². The van der Waals surface area contributed by atoms with Gasteiger partial charge in [0, 0.05) is 18.0 Å². The first kappa shape index (κ1) is 19.0. The summed E-state index contributed by atoms with van der Waals surface area (Å²) in [5.74, 6) is 0.613. The number of nitrogens with two attached hydrogens (primary N) is 1. The summed E-state index contributed by atoms with van der Waals surface area (Å²) in [5, 5.41) is 15.9. The summed E-state index contributed by atoms with van der Waals surface area (Å²) in [6.45, 7) is 2.74. The lowest BCUT2D eigenvalue weighted by atomic mass is 10.1. The van der Waals surface area contributed by atoms with Gasteiger partial charge in [-0.1, -0.05) is 24.3 Å². The molecule has 0 amide bonds. The lowest BCUT2D eigenvalue weighted by Crippen LogP contribution is -2.19. The smallest absolute Gasteiger partial charge is 0.238 e. The van der Waals surface area contributed by atoms with Crippen LogP contribution in [-0.2, 0) is 16.6 Å². The van der Waals surface area contributed by atoms with Crippen molar-refractivity contribution in [1.29, 1.82) is 0 Å². The van der Waals surface area contributed by atoms with Crippen LogP contribution in [0.25, 0.3) is 0 Å². The molecular weight excluding hydrogens is 382 g/mol. The van der Waals surface area contributed by atoms with Crippen molar-refractivity contribution in [2.45, 2.75) is 18.4 Å². The number of benzene rings is 2. The van der Waals surface area contributed by atoms with Gasteiger partial charge >= 0.3 is 0 Å². The largest absolute Gasteiger partial charge is 0.332 e. The van der Waals surface area contributed by atoms with Crippen molar-refractivity contribution in [3.63, 3.8) is 0 Å². The monoisotopic (exact) mass is 401 g/mol. The van der Waals surface area contributed by atoms with Crippen LogP contribution < -0.4 is 15.8 Å². The predicted octanol–water partition coefficient (Wildman–Crippen LogP) is 2.70. The van der Waals surface area contributed by atoms with Gasteiger partial charge in [0.05, 0.1) is 11.4 Å². The molecule has 140 valence electrons. The minimum absolute atomic E-state index is 0.0434. The molecule has 27 heavy (non-hydrogen) atoms. The number of nitrogens with zero attached hydrogens (tertiary/aromatic N) is 2. The highest BCUT2D eigenvalue weighted by atomic mass is 32.2. The van der Waals surface area contributed by atoms with Gasteiger partial charge in [-0.3, -0.25) is 4.68 Å². The summed E-state index contributed by atoms with van der Waals surface area (Å²) in [5.41, 5.74) is 3.05. The van der Waals surface area contributed by atoms with Crippen LogP contribution in [0.15, 0.2) is 65.7 Å². The van der Waals surface area contributed by atoms with Crippen molar-refractivity contribution in [2.75, 3.05) is 10.6 Å². The standard InChI is InChI=1S/C18H19N5O2S2/c1-13-4-2-3-5-14(13)12-23-11-10-17(22-23)21-18(26)20-15-6-8-16(9-7-15)27(19,24)25/h2-11H,12H2,1H3,(H2,19,24,25)(H2,20,21,22,26). The summed E-state index contributed by atoms with van der Waals surface area (Å²) in [7, 11) is -3.71. The molecule has 0 spiro atoms. The number of hydrogen-bond acceptors (Lipinski definition) is 4. The number of aryl methyl sites for hydroxylation is 1. The van der Waals surface area contributed by atoms with E-state index < -0.39 is 10.0 Å². The lowest BCUT2D eigenvalue weighted by Gasteiger charge is -2.09. The Morgan fingerprint density at radius 1 is 1.11 bits per heavy atom. The predicted molar refractivity (Wildman–Crippen MR) is 110 cm³/mol. The van der Waals surface area contributed by atoms with Crippen molar-refractivity contribution < 1.29 is 8.42 Å². The van der Waals surface area contributed by atoms with Gasteiger partial charge in [-0.15, -0.1) is 0 Å². The molecule has 0 saturated carbocycles. The number of rotatable bonds is 5. The van der Waals surface area contributed by atoms with Crippen LogP contribution in [0, 0.1) is 6.92 Å². The molecule has 0 saturated heterocycles. The van der Waals surface area contributed by atoms with Crippen LogP contribution in [0.2, 0.25) is 0 Å². The average molecular weight is 402 g/mol. The molecule has 0 aliphatic rings. The van der Waals surface area contributed by atoms with Crippen LogP contribution in [-0.4, -0.2) is 23.3 Å². The SMILES string of the molecule is Cc1ccccc1Cn1ccc(NC(=S)Nc2ccc(S(N)(=O)=O)cc2)n1. The van der Waals surface area contributed by atoms with Gasteiger partial charge < -0.3 is 10.6 Å². The first-order valence-electron chi connectivity index (χ1n) is 8.10. The maximum absolute atomic E-state index is 11.3. The Morgan fingerprint density at radius 3 is 2.48 bits per heavy atom. The number of thiocarbonyl (C=S) groups is 1. The Morgan fingerprint density at radius 2 is 1.81 bits per heavy atom. The number of aromatic nitrogens is 2. The topological polar surface area (TPSA) is 102 Å². The summed E-state index contributed by atoms with van der Waals surface area (Å²) in [6, 6.07) is 16.0. The molecule has 0 fully saturated rings. The fourth-order valence-corrected chi connectivity index (χ4v) is 3.22. The number of hydrogen-bond donors (Lipinski definition) is 3. The molecule has 1 heterocycles. The van der Waals surface area contributed by atoms with Gasteiger partial charge in [-0.2, -0.15) is 5.10 Å². The number of primary sulfonamides is 1. The Bertz CT molecular complexity index is 1060. The fourth-order valence-electron chi connectivity index (χ4n) is 2.49. The lowest BCUT2D eigenvalue weighted by molar-refractivity contribution is 0.598. The van der Waals surface area contributed by atoms with Crippen LogP contribution in [0.4, 0.5) is 11.5 Å². The van der Waals surface area contributed by atoms with Crippen LogP contribution in [0.3, 0.4) is 0 Å². The van der Waals surface area contributed by atoms with Crippen molar-refractivity contribution in [3.05, 3.63) is 71.9 Å². The zero-order valence-electron chi connectivity index (χ0n) is 14.6. The molecular formula is C18H19N5O2S2. The summed E-state index contributed by atoms with van der Waals surface area (Å²) < 4.78 is 24.4. The molecule has 4 N–H and O–H groups in total. The molecule has 0 radical (unpaired) electrons. The zero-order chi connectivity index (χ0) is 19.4. The second kappa shape index (κ2) is 7.87. The van der Waals surface area contributed by atoms with Crippen LogP contribution in [0.5, 0.6) is 0 Å². The Balaban J connectivity index is 1.60. The zero-order valence-corrected chi connectivity index (χ0v) is 16.2. The van der Waals surface area contributed by atoms with E-state index in [9.17, 15) is 8.42 Å². The highest BCUT2D eigenvalue weighted by molar-refractivity contribution is 7.89. The molecule has 0 atom stereocenters. The van der Waals surface area contributed by atoms with Crippen LogP contribution in [0.1, 0.15) is 11.1 Å². The molecule has 0 bridgehead atoms. The van der Waals surface area contributed by atoms with E-state index in [2.05, 4.69) is 34.8 Å². The second-order valence-electron chi connectivity index (χ2n) is 5.97. The maximum atomic E-state index is 11.3. The van der Waals surface area contributed by atoms with E-state index in [1.165, 1.54) is 23.3 Å². The quantitative estimate of drug-likeness (QED) is 0.568. The minimum Gasteiger partial charge on any atom is -0.332 e. The molecule has 1 aromatic heterocycles. The van der Waals surface area contributed by atoms with Gasteiger partial charge in [0.15, 0.2) is 10.9 Å². The van der Waals surface area contributed by atoms with Crippen molar-refractivity contribution in [1.82, 2.24) is 9.78 Å². The van der Waals surface area contributed by atoms with E-state index in [1.54, 1.807) is 12.1 Å². The molecule has 7 nitrogen and oxygen atoms in total. The second-order valence-corrected chi connectivity index (χ2v) is 7.94. The Hall–Kier alpha value is -2.75. The first-order valence-corrected chi connectivity index (χ1v) is 10.1. The summed E-state index contributed by atoms with van der Waals surface area (Å²) >= 11 is 5.27. The number of anilines is 2. The molecule has 9 heteroatoms. The van der Waals surface area contributed by atoms with Crippen molar-refractivity contribution in [3.8, 4) is 0 Å². The third kappa shape index (κ3) is 5.13. The van der Waals surface area contributed by atoms with Crippen LogP contribution >= 0.6 is 12.2 Å². The molecule has 3 aromatic rings. The molecule has 0 aliphatic heterocycles. The first-order chi connectivity index (χ1) is 12.8. The van der Waals surface area contributed by atoms with E-state index in [-0.39, 0.29) is 4.90 Å². The average Bonchev–Trinajstić information content (AvgIpc) is 3.03. The minimum atomic E-state index is -3.71. The van der Waals surface area contributed by atoms with Gasteiger partial charge in [-0.05, 0) is 54.5 Å². The molecule has 3 rings (SSSR count). The van der Waals surface area contributed by atoms with E-state index in [1.807, 2.05) is 29.1 Å².